The maximum absolute atomic E-state index is 16.3. The number of rotatable bonds is 6. The molecule has 240 valence electrons. The highest BCUT2D eigenvalue weighted by Gasteiger charge is 2.44. The normalized spacial score (nSPS) is 21.9. The van der Waals surface area contributed by atoms with Gasteiger partial charge in [-0.2, -0.15) is 0 Å². The zero-order valence-corrected chi connectivity index (χ0v) is 26.5. The van der Waals surface area contributed by atoms with E-state index in [1.54, 1.807) is 29.0 Å². The number of nitrogens with zero attached hydrogens (tertiary/aromatic N) is 6. The molecule has 0 saturated carbocycles. The molecule has 1 aromatic heterocycles. The maximum Gasteiger partial charge on any atom is 0.246 e. The van der Waals surface area contributed by atoms with Crippen LogP contribution in [0.1, 0.15) is 38.0 Å². The number of amides is 1. The van der Waals surface area contributed by atoms with Gasteiger partial charge in [-0.1, -0.05) is 24.8 Å². The highest BCUT2D eigenvalue weighted by Crippen LogP contribution is 2.49. The highest BCUT2D eigenvalue weighted by atomic mass is 19.1. The van der Waals surface area contributed by atoms with Crippen LogP contribution in [0.4, 0.5) is 31.7 Å². The van der Waals surface area contributed by atoms with Crippen LogP contribution in [-0.2, 0) is 14.3 Å². The minimum absolute atomic E-state index is 0.00216. The van der Waals surface area contributed by atoms with Crippen LogP contribution in [-0.4, -0.2) is 85.0 Å². The predicted octanol–water partition coefficient (Wildman–Crippen LogP) is 5.08. The molecule has 4 atom stereocenters. The molecule has 1 amide bonds. The quantitative estimate of drug-likeness (QED) is 0.298. The summed E-state index contributed by atoms with van der Waals surface area (Å²) in [5.74, 6) is -0.699. The number of halogens is 2. The van der Waals surface area contributed by atoms with Gasteiger partial charge >= 0.3 is 0 Å². The third-order valence-corrected chi connectivity index (χ3v) is 8.92. The average molecular weight is 630 g/mol. The van der Waals surface area contributed by atoms with Crippen molar-refractivity contribution in [2.45, 2.75) is 45.3 Å². The topological polar surface area (TPSA) is 93.6 Å². The summed E-state index contributed by atoms with van der Waals surface area (Å²) in [7, 11) is 3.45. The van der Waals surface area contributed by atoms with Crippen LogP contribution in [0.25, 0.3) is 11.3 Å². The summed E-state index contributed by atoms with van der Waals surface area (Å²) in [6.45, 7) is 10.5. The third kappa shape index (κ3) is 5.06. The number of piperazine rings is 1. The van der Waals surface area contributed by atoms with Crippen LogP contribution in [0, 0.1) is 11.6 Å². The molecular formula is C34H37F2N7O3. The number of aliphatic imine (C=N–C) groups is 1. The van der Waals surface area contributed by atoms with Crippen LogP contribution < -0.4 is 15.1 Å². The first-order chi connectivity index (χ1) is 22.1. The molecule has 0 bridgehead atoms. The van der Waals surface area contributed by atoms with Crippen LogP contribution in [0.5, 0.6) is 0 Å². The Kier molecular flexibility index (Phi) is 8.24. The fourth-order valence-electron chi connectivity index (χ4n) is 6.61. The highest BCUT2D eigenvalue weighted by molar-refractivity contribution is 6.07. The Labute approximate surface area is 267 Å². The number of carbonyl (C=O) groups is 2. The summed E-state index contributed by atoms with van der Waals surface area (Å²) < 4.78 is 38.2. The van der Waals surface area contributed by atoms with Gasteiger partial charge in [-0.05, 0) is 51.1 Å². The molecule has 0 spiro atoms. The number of amidine groups is 1. The molecule has 1 saturated heterocycles. The molecule has 6 rings (SSSR count). The van der Waals surface area contributed by atoms with E-state index in [9.17, 15) is 9.59 Å². The minimum atomic E-state index is -0.902. The van der Waals surface area contributed by atoms with E-state index in [-0.39, 0.29) is 41.9 Å². The summed E-state index contributed by atoms with van der Waals surface area (Å²) in [5, 5.41) is 2.95. The molecule has 3 aromatic rings. The number of para-hydroxylation sites is 1. The molecule has 2 aromatic carbocycles. The minimum Gasteiger partial charge on any atom is -0.387 e. The SMILES string of the molecule is C=CC(=O)N1C[C@H](C)N(C2=NC3OC(C)c4cccc(N(C)CC=O)c4N3c3nc(-c4c(F)cccc4NC)c(F)cc32)C[C@H]1C. The largest absolute Gasteiger partial charge is 0.387 e. The molecule has 2 unspecified atom stereocenters. The first-order valence-electron chi connectivity index (χ1n) is 15.3. The summed E-state index contributed by atoms with van der Waals surface area (Å²) in [6, 6.07) is 11.2. The van der Waals surface area contributed by atoms with E-state index in [4.69, 9.17) is 14.7 Å². The lowest BCUT2D eigenvalue weighted by Gasteiger charge is -2.48. The van der Waals surface area contributed by atoms with E-state index in [1.807, 2.05) is 55.8 Å². The van der Waals surface area contributed by atoms with E-state index in [1.165, 1.54) is 18.2 Å². The lowest BCUT2D eigenvalue weighted by atomic mass is 9.99. The Balaban J connectivity index is 1.59. The maximum atomic E-state index is 16.3. The van der Waals surface area contributed by atoms with E-state index in [0.717, 1.165) is 23.2 Å². The van der Waals surface area contributed by atoms with Crippen molar-refractivity contribution >= 4 is 40.9 Å². The summed E-state index contributed by atoms with van der Waals surface area (Å²) in [5.41, 5.74) is 2.92. The van der Waals surface area contributed by atoms with Crippen LogP contribution in [0.15, 0.2) is 60.1 Å². The predicted molar refractivity (Wildman–Crippen MR) is 174 cm³/mol. The van der Waals surface area contributed by atoms with Crippen molar-refractivity contribution < 1.29 is 23.1 Å². The van der Waals surface area contributed by atoms with E-state index in [2.05, 4.69) is 11.9 Å². The van der Waals surface area contributed by atoms with Gasteiger partial charge in [0.2, 0.25) is 12.3 Å². The standard InChI is InChI=1S/C34H37F2N7O3/c1-7-28(45)41-17-20(3)42(18-19(41)2)32-23-16-25(36)30(29-24(35)11-9-12-26(29)37-5)38-33(23)43-31-22(21(4)46-34(43)39-32)10-8-13-27(31)40(6)14-15-44/h7-13,15-16,19-21,34,37H,1,14,17-18H2,2-6H3/t19-,20+,21?,34?/m1/s1. The summed E-state index contributed by atoms with van der Waals surface area (Å²) >= 11 is 0. The smallest absolute Gasteiger partial charge is 0.246 e. The second-order valence-electron chi connectivity index (χ2n) is 11.8. The number of anilines is 4. The van der Waals surface area contributed by atoms with Crippen molar-refractivity contribution in [1.82, 2.24) is 14.8 Å². The van der Waals surface area contributed by atoms with Crippen LogP contribution in [0.3, 0.4) is 0 Å². The molecule has 1 fully saturated rings. The molecule has 4 heterocycles. The van der Waals surface area contributed by atoms with Crippen LogP contribution >= 0.6 is 0 Å². The van der Waals surface area contributed by atoms with Crippen LogP contribution in [0.2, 0.25) is 0 Å². The molecule has 3 aliphatic heterocycles. The molecule has 3 aliphatic rings. The number of likely N-dealkylation sites (N-methyl/N-ethyl adjacent to an activating group) is 1. The lowest BCUT2D eigenvalue weighted by Crippen LogP contribution is -2.60. The molecule has 46 heavy (non-hydrogen) atoms. The van der Waals surface area contributed by atoms with E-state index in [0.29, 0.717) is 36.0 Å². The van der Waals surface area contributed by atoms with Crippen molar-refractivity contribution in [3.63, 3.8) is 0 Å². The number of aromatic nitrogens is 1. The van der Waals surface area contributed by atoms with E-state index >= 15 is 8.78 Å². The number of aldehydes is 1. The number of carbonyl (C=O) groups excluding carboxylic acids is 2. The van der Waals surface area contributed by atoms with Gasteiger partial charge in [0.15, 0.2) is 5.82 Å². The van der Waals surface area contributed by atoms with Gasteiger partial charge in [-0.3, -0.25) is 9.69 Å². The number of pyridine rings is 1. The van der Waals surface area contributed by atoms with Crippen molar-refractivity contribution in [2.24, 2.45) is 4.99 Å². The van der Waals surface area contributed by atoms with Gasteiger partial charge in [0.25, 0.3) is 0 Å². The third-order valence-electron chi connectivity index (χ3n) is 8.92. The van der Waals surface area contributed by atoms with Gasteiger partial charge in [-0.25, -0.2) is 18.8 Å². The molecular weight excluding hydrogens is 592 g/mol. The van der Waals surface area contributed by atoms with E-state index < -0.39 is 18.0 Å². The molecule has 0 radical (unpaired) electrons. The van der Waals surface area contributed by atoms with Gasteiger partial charge in [-0.15, -0.1) is 0 Å². The summed E-state index contributed by atoms with van der Waals surface area (Å²) in [4.78, 5) is 41.5. The number of hydrogen-bond acceptors (Lipinski definition) is 9. The number of benzene rings is 2. The average Bonchev–Trinajstić information content (AvgIpc) is 3.04. The van der Waals surface area contributed by atoms with Crippen molar-refractivity contribution in [1.29, 1.82) is 0 Å². The van der Waals surface area contributed by atoms with Crippen molar-refractivity contribution in [2.75, 3.05) is 48.8 Å². The second kappa shape index (κ2) is 12.2. The van der Waals surface area contributed by atoms with Gasteiger partial charge in [0.1, 0.15) is 29.5 Å². The lowest BCUT2D eigenvalue weighted by molar-refractivity contribution is -0.130. The zero-order chi connectivity index (χ0) is 32.9. The molecule has 1 N–H and O–H groups in total. The molecule has 0 aliphatic carbocycles. The summed E-state index contributed by atoms with van der Waals surface area (Å²) in [6.07, 6.45) is 0.846. The fraction of sp³-hybridized carbons (Fsp3) is 0.353. The van der Waals surface area contributed by atoms with Gasteiger partial charge in [0.05, 0.1) is 35.2 Å². The first-order valence-corrected chi connectivity index (χ1v) is 15.3. The van der Waals surface area contributed by atoms with Crippen molar-refractivity contribution in [3.05, 3.63) is 77.9 Å². The van der Waals surface area contributed by atoms with Gasteiger partial charge in [0, 0.05) is 50.5 Å². The van der Waals surface area contributed by atoms with Crippen molar-refractivity contribution in [3.8, 4) is 11.3 Å². The zero-order valence-electron chi connectivity index (χ0n) is 26.5. The van der Waals surface area contributed by atoms with Gasteiger partial charge < -0.3 is 29.5 Å². The Morgan fingerprint density at radius 2 is 1.89 bits per heavy atom. The molecule has 12 heteroatoms. The Bertz CT molecular complexity index is 1750. The first kappa shape index (κ1) is 31.2. The molecule has 10 nitrogen and oxygen atoms in total. The number of hydrogen-bond donors (Lipinski definition) is 1. The second-order valence-corrected chi connectivity index (χ2v) is 11.8. The Hall–Kier alpha value is -4.84. The fourth-order valence-corrected chi connectivity index (χ4v) is 6.61. The number of fused-ring (bicyclic) bond motifs is 5. The Morgan fingerprint density at radius 1 is 1.13 bits per heavy atom. The number of ether oxygens (including phenoxy) is 1. The Morgan fingerprint density at radius 3 is 2.61 bits per heavy atom. The monoisotopic (exact) mass is 629 g/mol. The number of nitrogens with one attached hydrogen (secondary N) is 1.